The number of fused-ring (bicyclic) bond motifs is 1. The van der Waals surface area contributed by atoms with Crippen molar-refractivity contribution in [3.63, 3.8) is 0 Å². The smallest absolute Gasteiger partial charge is 0.203 e. The van der Waals surface area contributed by atoms with Gasteiger partial charge in [0, 0.05) is 19.7 Å². The minimum Gasteiger partial charge on any atom is -0.396 e. The van der Waals surface area contributed by atoms with Crippen molar-refractivity contribution in [2.24, 2.45) is 13.0 Å². The van der Waals surface area contributed by atoms with Gasteiger partial charge in [0.05, 0.1) is 11.0 Å². The number of aliphatic hydroxyl groups excluding tert-OH is 1. The van der Waals surface area contributed by atoms with Gasteiger partial charge in [-0.05, 0) is 25.0 Å². The van der Waals surface area contributed by atoms with Crippen molar-refractivity contribution >= 4 is 17.0 Å². The van der Waals surface area contributed by atoms with Gasteiger partial charge in [-0.25, -0.2) is 4.98 Å². The number of aliphatic hydroxyl groups is 1. The van der Waals surface area contributed by atoms with Crippen LogP contribution in [0.3, 0.4) is 0 Å². The number of rotatable bonds is 4. The molecule has 17 heavy (non-hydrogen) atoms. The SMILES string of the molecule is CC(CO)C(C)Nc1nc2ccccc2n1C. The summed E-state index contributed by atoms with van der Waals surface area (Å²) in [7, 11) is 1.99. The van der Waals surface area contributed by atoms with Gasteiger partial charge in [0.15, 0.2) is 0 Å². The van der Waals surface area contributed by atoms with Crippen molar-refractivity contribution in [1.29, 1.82) is 0 Å². The number of hydrogen-bond donors (Lipinski definition) is 2. The number of aryl methyl sites for hydroxylation is 1. The first-order valence-electron chi connectivity index (χ1n) is 5.92. The van der Waals surface area contributed by atoms with Crippen LogP contribution in [0, 0.1) is 5.92 Å². The van der Waals surface area contributed by atoms with Crippen molar-refractivity contribution in [2.75, 3.05) is 11.9 Å². The summed E-state index contributed by atoms with van der Waals surface area (Å²) in [6, 6.07) is 8.23. The van der Waals surface area contributed by atoms with Crippen molar-refractivity contribution in [2.45, 2.75) is 19.9 Å². The fraction of sp³-hybridized carbons (Fsp3) is 0.462. The molecule has 0 fully saturated rings. The monoisotopic (exact) mass is 233 g/mol. The van der Waals surface area contributed by atoms with E-state index in [2.05, 4.69) is 17.2 Å². The van der Waals surface area contributed by atoms with E-state index in [9.17, 15) is 0 Å². The maximum absolute atomic E-state index is 9.13. The highest BCUT2D eigenvalue weighted by atomic mass is 16.3. The fourth-order valence-corrected chi connectivity index (χ4v) is 1.78. The minimum atomic E-state index is 0.179. The molecule has 0 aliphatic heterocycles. The van der Waals surface area contributed by atoms with Crippen LogP contribution in [0.25, 0.3) is 11.0 Å². The molecule has 1 heterocycles. The summed E-state index contributed by atoms with van der Waals surface area (Å²) >= 11 is 0. The molecule has 0 saturated heterocycles. The Morgan fingerprint density at radius 3 is 2.71 bits per heavy atom. The van der Waals surface area contributed by atoms with E-state index < -0.39 is 0 Å². The molecule has 0 bridgehead atoms. The first kappa shape index (κ1) is 11.9. The molecule has 2 unspecified atom stereocenters. The van der Waals surface area contributed by atoms with E-state index in [0.717, 1.165) is 17.0 Å². The minimum absolute atomic E-state index is 0.179. The molecule has 4 heteroatoms. The van der Waals surface area contributed by atoms with Crippen LogP contribution in [0.2, 0.25) is 0 Å². The largest absolute Gasteiger partial charge is 0.396 e. The maximum Gasteiger partial charge on any atom is 0.203 e. The molecule has 0 aliphatic carbocycles. The van der Waals surface area contributed by atoms with Gasteiger partial charge in [-0.3, -0.25) is 0 Å². The number of nitrogens with one attached hydrogen (secondary N) is 1. The summed E-state index contributed by atoms with van der Waals surface area (Å²) in [5.74, 6) is 1.05. The van der Waals surface area contributed by atoms with Gasteiger partial charge >= 0.3 is 0 Å². The Labute approximate surface area is 101 Å². The molecule has 0 radical (unpaired) electrons. The molecule has 0 saturated carbocycles. The molecule has 1 aromatic carbocycles. The summed E-state index contributed by atoms with van der Waals surface area (Å²) in [6.45, 7) is 4.25. The lowest BCUT2D eigenvalue weighted by Crippen LogP contribution is -2.27. The Morgan fingerprint density at radius 2 is 2.06 bits per heavy atom. The van der Waals surface area contributed by atoms with E-state index in [0.29, 0.717) is 0 Å². The second-order valence-electron chi connectivity index (χ2n) is 4.58. The number of para-hydroxylation sites is 2. The van der Waals surface area contributed by atoms with Gasteiger partial charge in [0.2, 0.25) is 5.95 Å². The number of hydrogen-bond acceptors (Lipinski definition) is 3. The van der Waals surface area contributed by atoms with E-state index in [1.54, 1.807) is 0 Å². The summed E-state index contributed by atoms with van der Waals surface area (Å²) in [5.41, 5.74) is 2.10. The predicted octanol–water partition coefficient (Wildman–Crippen LogP) is 2.00. The third-order valence-electron chi connectivity index (χ3n) is 3.29. The van der Waals surface area contributed by atoms with Gasteiger partial charge in [-0.2, -0.15) is 0 Å². The van der Waals surface area contributed by atoms with E-state index in [-0.39, 0.29) is 18.6 Å². The number of nitrogens with zero attached hydrogens (tertiary/aromatic N) is 2. The van der Waals surface area contributed by atoms with Gasteiger partial charge in [-0.1, -0.05) is 19.1 Å². The number of aromatic nitrogens is 2. The van der Waals surface area contributed by atoms with Crippen LogP contribution in [0.1, 0.15) is 13.8 Å². The number of benzene rings is 1. The van der Waals surface area contributed by atoms with E-state index >= 15 is 0 Å². The lowest BCUT2D eigenvalue weighted by molar-refractivity contribution is 0.226. The van der Waals surface area contributed by atoms with Gasteiger partial charge in [0.25, 0.3) is 0 Å². The van der Waals surface area contributed by atoms with E-state index in [4.69, 9.17) is 5.11 Å². The average molecular weight is 233 g/mol. The van der Waals surface area contributed by atoms with Crippen molar-refractivity contribution < 1.29 is 5.11 Å². The second kappa shape index (κ2) is 4.75. The summed E-state index contributed by atoms with van der Waals surface area (Å²) < 4.78 is 2.04. The van der Waals surface area contributed by atoms with Crippen LogP contribution in [0.15, 0.2) is 24.3 Å². The molecule has 2 aromatic rings. The zero-order valence-corrected chi connectivity index (χ0v) is 10.5. The molecule has 2 rings (SSSR count). The Bertz CT molecular complexity index is 506. The Balaban J connectivity index is 2.27. The lowest BCUT2D eigenvalue weighted by Gasteiger charge is -2.19. The predicted molar refractivity (Wildman–Crippen MR) is 70.0 cm³/mol. The van der Waals surface area contributed by atoms with Crippen LogP contribution in [-0.4, -0.2) is 27.3 Å². The molecule has 0 aliphatic rings. The first-order valence-corrected chi connectivity index (χ1v) is 5.92. The quantitative estimate of drug-likeness (QED) is 0.849. The highest BCUT2D eigenvalue weighted by Gasteiger charge is 2.14. The summed E-state index contributed by atoms with van der Waals surface area (Å²) in [4.78, 5) is 4.54. The van der Waals surface area contributed by atoms with Crippen molar-refractivity contribution in [3.8, 4) is 0 Å². The Morgan fingerprint density at radius 1 is 1.35 bits per heavy atom. The standard InChI is InChI=1S/C13H19N3O/c1-9(8-17)10(2)14-13-15-11-6-4-5-7-12(11)16(13)3/h4-7,9-10,17H,8H2,1-3H3,(H,14,15). The van der Waals surface area contributed by atoms with E-state index in [1.807, 2.05) is 42.8 Å². The zero-order chi connectivity index (χ0) is 12.4. The Hall–Kier alpha value is -1.55. The number of anilines is 1. The lowest BCUT2D eigenvalue weighted by atomic mass is 10.1. The molecule has 2 N–H and O–H groups in total. The first-order chi connectivity index (χ1) is 8.13. The molecule has 1 aromatic heterocycles. The zero-order valence-electron chi connectivity index (χ0n) is 10.5. The van der Waals surface area contributed by atoms with E-state index in [1.165, 1.54) is 0 Å². The second-order valence-corrected chi connectivity index (χ2v) is 4.58. The van der Waals surface area contributed by atoms with Crippen molar-refractivity contribution in [1.82, 2.24) is 9.55 Å². The average Bonchev–Trinajstić information content (AvgIpc) is 2.66. The topological polar surface area (TPSA) is 50.1 Å². The summed E-state index contributed by atoms with van der Waals surface area (Å²) in [6.07, 6.45) is 0. The van der Waals surface area contributed by atoms with Crippen molar-refractivity contribution in [3.05, 3.63) is 24.3 Å². The molecule has 4 nitrogen and oxygen atoms in total. The highest BCUT2D eigenvalue weighted by molar-refractivity contribution is 5.78. The fourth-order valence-electron chi connectivity index (χ4n) is 1.78. The molecule has 0 spiro atoms. The van der Waals surface area contributed by atoms with Crippen LogP contribution in [-0.2, 0) is 7.05 Å². The summed E-state index contributed by atoms with van der Waals surface area (Å²) in [5, 5.41) is 12.5. The molecule has 2 atom stereocenters. The van der Waals surface area contributed by atoms with Gasteiger partial charge < -0.3 is 15.0 Å². The van der Waals surface area contributed by atoms with Crippen LogP contribution >= 0.6 is 0 Å². The van der Waals surface area contributed by atoms with Gasteiger partial charge in [-0.15, -0.1) is 0 Å². The molecular formula is C13H19N3O. The molecule has 0 amide bonds. The Kier molecular flexibility index (Phi) is 3.33. The third-order valence-corrected chi connectivity index (χ3v) is 3.29. The van der Waals surface area contributed by atoms with Crippen LogP contribution in [0.4, 0.5) is 5.95 Å². The molecular weight excluding hydrogens is 214 g/mol. The maximum atomic E-state index is 9.13. The highest BCUT2D eigenvalue weighted by Crippen LogP contribution is 2.19. The third kappa shape index (κ3) is 2.26. The van der Waals surface area contributed by atoms with Gasteiger partial charge in [0.1, 0.15) is 0 Å². The molecule has 92 valence electrons. The number of imidazole rings is 1. The van der Waals surface area contributed by atoms with Crippen LogP contribution < -0.4 is 5.32 Å². The normalized spacial score (nSPS) is 14.8. The van der Waals surface area contributed by atoms with Crippen LogP contribution in [0.5, 0.6) is 0 Å².